The maximum absolute atomic E-state index is 12.3. The zero-order valence-corrected chi connectivity index (χ0v) is 15.9. The number of para-hydroxylation sites is 1. The number of nitrogens with one attached hydrogen (secondary N) is 1. The van der Waals surface area contributed by atoms with E-state index in [4.69, 9.17) is 0 Å². The molecule has 0 spiro atoms. The number of rotatable bonds is 6. The standard InChI is InChI=1S/C19H24N2O3S/c1-14-12-15(2)19(16(3)13-14)20-18(22)10-11-21(25(4,23)24)17-8-6-5-7-9-17/h5-9,12-13H,10-11H2,1-4H3,(H,20,22). The fourth-order valence-corrected chi connectivity index (χ4v) is 3.79. The number of nitrogens with zero attached hydrogens (tertiary/aromatic N) is 1. The zero-order valence-electron chi connectivity index (χ0n) is 15.0. The van der Waals surface area contributed by atoms with Crippen LogP contribution in [-0.2, 0) is 14.8 Å². The second kappa shape index (κ2) is 7.70. The van der Waals surface area contributed by atoms with E-state index in [0.717, 1.165) is 28.6 Å². The summed E-state index contributed by atoms with van der Waals surface area (Å²) in [5.74, 6) is -0.209. The van der Waals surface area contributed by atoms with Gasteiger partial charge in [-0.25, -0.2) is 8.42 Å². The number of carbonyl (C=O) groups is 1. The number of anilines is 2. The maximum atomic E-state index is 12.3. The lowest BCUT2D eigenvalue weighted by Gasteiger charge is -2.22. The van der Waals surface area contributed by atoms with E-state index in [1.807, 2.05) is 39.0 Å². The average molecular weight is 360 g/mol. The van der Waals surface area contributed by atoms with E-state index >= 15 is 0 Å². The summed E-state index contributed by atoms with van der Waals surface area (Å²) in [5.41, 5.74) is 4.48. The van der Waals surface area contributed by atoms with Crippen molar-refractivity contribution in [2.24, 2.45) is 0 Å². The first-order valence-corrected chi connectivity index (χ1v) is 9.94. The molecule has 25 heavy (non-hydrogen) atoms. The molecule has 0 unspecified atom stereocenters. The Labute approximate surface area is 149 Å². The lowest BCUT2D eigenvalue weighted by molar-refractivity contribution is -0.116. The van der Waals surface area contributed by atoms with E-state index in [1.54, 1.807) is 24.3 Å². The molecular formula is C19H24N2O3S. The van der Waals surface area contributed by atoms with Crippen LogP contribution in [0.2, 0.25) is 0 Å². The van der Waals surface area contributed by atoms with E-state index in [-0.39, 0.29) is 18.9 Å². The van der Waals surface area contributed by atoms with Gasteiger partial charge in [0.25, 0.3) is 0 Å². The Hall–Kier alpha value is -2.34. The summed E-state index contributed by atoms with van der Waals surface area (Å²) in [7, 11) is -3.46. The Kier molecular flexibility index (Phi) is 5.85. The number of aryl methyl sites for hydroxylation is 3. The summed E-state index contributed by atoms with van der Waals surface area (Å²) in [4.78, 5) is 12.3. The quantitative estimate of drug-likeness (QED) is 0.858. The Morgan fingerprint density at radius 2 is 1.60 bits per heavy atom. The molecule has 0 aliphatic rings. The molecule has 0 atom stereocenters. The third-order valence-electron chi connectivity index (χ3n) is 3.93. The summed E-state index contributed by atoms with van der Waals surface area (Å²) in [6.07, 6.45) is 1.22. The van der Waals surface area contributed by atoms with Gasteiger partial charge in [-0.05, 0) is 44.0 Å². The minimum absolute atomic E-state index is 0.0781. The largest absolute Gasteiger partial charge is 0.326 e. The normalized spacial score (nSPS) is 11.2. The predicted octanol–water partition coefficient (Wildman–Crippen LogP) is 3.41. The van der Waals surface area contributed by atoms with Crippen LogP contribution in [0.5, 0.6) is 0 Å². The van der Waals surface area contributed by atoms with E-state index in [0.29, 0.717) is 5.69 Å². The second-order valence-corrected chi connectivity index (χ2v) is 8.15. The molecule has 0 aliphatic carbocycles. The number of sulfonamides is 1. The van der Waals surface area contributed by atoms with Gasteiger partial charge >= 0.3 is 0 Å². The maximum Gasteiger partial charge on any atom is 0.232 e. The van der Waals surface area contributed by atoms with E-state index < -0.39 is 10.0 Å². The lowest BCUT2D eigenvalue weighted by Crippen LogP contribution is -2.33. The molecule has 1 amide bonds. The van der Waals surface area contributed by atoms with Gasteiger partial charge in [0.2, 0.25) is 15.9 Å². The van der Waals surface area contributed by atoms with Crippen LogP contribution in [0.4, 0.5) is 11.4 Å². The highest BCUT2D eigenvalue weighted by atomic mass is 32.2. The van der Waals surface area contributed by atoms with Crippen LogP contribution >= 0.6 is 0 Å². The van der Waals surface area contributed by atoms with Crippen LogP contribution in [0.15, 0.2) is 42.5 Å². The monoisotopic (exact) mass is 360 g/mol. The van der Waals surface area contributed by atoms with Crippen LogP contribution in [0.25, 0.3) is 0 Å². The molecule has 0 radical (unpaired) electrons. The number of benzene rings is 2. The molecule has 0 aliphatic heterocycles. The Morgan fingerprint density at radius 3 is 2.12 bits per heavy atom. The number of amides is 1. The minimum Gasteiger partial charge on any atom is -0.326 e. The van der Waals surface area contributed by atoms with Gasteiger partial charge in [0.05, 0.1) is 11.9 Å². The fraction of sp³-hybridized carbons (Fsp3) is 0.316. The van der Waals surface area contributed by atoms with Crippen molar-refractivity contribution in [1.29, 1.82) is 0 Å². The molecule has 0 bridgehead atoms. The fourth-order valence-electron chi connectivity index (χ4n) is 2.86. The van der Waals surface area contributed by atoms with Crippen molar-refractivity contribution in [1.82, 2.24) is 0 Å². The van der Waals surface area contributed by atoms with Crippen molar-refractivity contribution in [3.8, 4) is 0 Å². The SMILES string of the molecule is Cc1cc(C)c(NC(=O)CCN(c2ccccc2)S(C)(=O)=O)c(C)c1. The highest BCUT2D eigenvalue weighted by Gasteiger charge is 2.18. The third kappa shape index (κ3) is 5.06. The highest BCUT2D eigenvalue weighted by molar-refractivity contribution is 7.92. The molecule has 2 rings (SSSR count). The molecule has 0 fully saturated rings. The number of hydrogen-bond donors (Lipinski definition) is 1. The van der Waals surface area contributed by atoms with Gasteiger partial charge in [0.15, 0.2) is 0 Å². The van der Waals surface area contributed by atoms with Gasteiger partial charge < -0.3 is 5.32 Å². The Bertz CT molecular complexity index is 838. The van der Waals surface area contributed by atoms with Crippen molar-refractivity contribution in [3.05, 3.63) is 59.2 Å². The van der Waals surface area contributed by atoms with Crippen LogP contribution in [-0.4, -0.2) is 27.1 Å². The first kappa shape index (κ1) is 19.0. The van der Waals surface area contributed by atoms with Gasteiger partial charge in [-0.2, -0.15) is 0 Å². The predicted molar refractivity (Wildman–Crippen MR) is 103 cm³/mol. The van der Waals surface area contributed by atoms with Gasteiger partial charge in [-0.15, -0.1) is 0 Å². The van der Waals surface area contributed by atoms with Crippen LogP contribution in [0.1, 0.15) is 23.1 Å². The summed E-state index contributed by atoms with van der Waals surface area (Å²) in [6.45, 7) is 6.00. The van der Waals surface area contributed by atoms with Gasteiger partial charge in [0.1, 0.15) is 0 Å². The molecule has 6 heteroatoms. The minimum atomic E-state index is -3.46. The summed E-state index contributed by atoms with van der Waals surface area (Å²) in [6, 6.07) is 12.8. The number of hydrogen-bond acceptors (Lipinski definition) is 3. The first-order chi connectivity index (χ1) is 11.7. The van der Waals surface area contributed by atoms with Crippen molar-refractivity contribution in [2.75, 3.05) is 22.4 Å². The van der Waals surface area contributed by atoms with Gasteiger partial charge in [-0.1, -0.05) is 35.9 Å². The van der Waals surface area contributed by atoms with Gasteiger partial charge in [0, 0.05) is 18.7 Å². The van der Waals surface area contributed by atoms with E-state index in [1.165, 1.54) is 4.31 Å². The van der Waals surface area contributed by atoms with Crippen LogP contribution < -0.4 is 9.62 Å². The lowest BCUT2D eigenvalue weighted by atomic mass is 10.1. The molecule has 134 valence electrons. The van der Waals surface area contributed by atoms with Crippen molar-refractivity contribution >= 4 is 27.3 Å². The molecule has 5 nitrogen and oxygen atoms in total. The van der Waals surface area contributed by atoms with Crippen molar-refractivity contribution < 1.29 is 13.2 Å². The molecule has 0 saturated carbocycles. The third-order valence-corrected chi connectivity index (χ3v) is 5.12. The average Bonchev–Trinajstić information content (AvgIpc) is 2.51. The van der Waals surface area contributed by atoms with Crippen LogP contribution in [0, 0.1) is 20.8 Å². The van der Waals surface area contributed by atoms with Crippen molar-refractivity contribution in [3.63, 3.8) is 0 Å². The summed E-state index contributed by atoms with van der Waals surface area (Å²) in [5, 5.41) is 2.90. The van der Waals surface area contributed by atoms with E-state index in [2.05, 4.69) is 5.32 Å². The molecule has 0 heterocycles. The molecule has 2 aromatic rings. The Morgan fingerprint density at radius 1 is 1.04 bits per heavy atom. The topological polar surface area (TPSA) is 66.5 Å². The van der Waals surface area contributed by atoms with E-state index in [9.17, 15) is 13.2 Å². The highest BCUT2D eigenvalue weighted by Crippen LogP contribution is 2.22. The summed E-state index contributed by atoms with van der Waals surface area (Å²) >= 11 is 0. The van der Waals surface area contributed by atoms with Crippen molar-refractivity contribution in [2.45, 2.75) is 27.2 Å². The molecule has 2 aromatic carbocycles. The smallest absolute Gasteiger partial charge is 0.232 e. The molecule has 1 N–H and O–H groups in total. The molecular weight excluding hydrogens is 336 g/mol. The zero-order chi connectivity index (χ0) is 18.6. The Balaban J connectivity index is 2.10. The van der Waals surface area contributed by atoms with Gasteiger partial charge in [-0.3, -0.25) is 9.10 Å². The molecule has 0 saturated heterocycles. The number of carbonyl (C=O) groups excluding carboxylic acids is 1. The second-order valence-electron chi connectivity index (χ2n) is 6.24. The molecule has 0 aromatic heterocycles. The summed E-state index contributed by atoms with van der Waals surface area (Å²) < 4.78 is 25.3. The van der Waals surface area contributed by atoms with Crippen LogP contribution in [0.3, 0.4) is 0 Å². The first-order valence-electron chi connectivity index (χ1n) is 8.09.